The molecule has 2 aromatic carbocycles. The molecular formula is C18H14Cl2N2O2. The molecule has 0 bridgehead atoms. The van der Waals surface area contributed by atoms with Gasteiger partial charge in [-0.15, -0.1) is 0 Å². The fraction of sp³-hybridized carbons (Fsp3) is 0.111. The highest BCUT2D eigenvalue weighted by molar-refractivity contribution is 6.42. The number of hydrogen-bond donors (Lipinski definition) is 1. The summed E-state index contributed by atoms with van der Waals surface area (Å²) in [6, 6.07) is 12.1. The molecule has 0 aliphatic heterocycles. The molecule has 0 saturated heterocycles. The van der Waals surface area contributed by atoms with Gasteiger partial charge in [0.1, 0.15) is 0 Å². The lowest BCUT2D eigenvalue weighted by atomic mass is 10.0. The van der Waals surface area contributed by atoms with Crippen molar-refractivity contribution in [3.05, 3.63) is 69.5 Å². The Labute approximate surface area is 149 Å². The van der Waals surface area contributed by atoms with E-state index < -0.39 is 5.97 Å². The number of aromatic nitrogens is 2. The number of aromatic carboxylic acids is 1. The van der Waals surface area contributed by atoms with Crippen LogP contribution in [0.1, 0.15) is 21.7 Å². The number of halogens is 2. The first-order valence-electron chi connectivity index (χ1n) is 7.24. The highest BCUT2D eigenvalue weighted by Crippen LogP contribution is 2.33. The summed E-state index contributed by atoms with van der Waals surface area (Å²) in [6.07, 6.45) is 0. The Morgan fingerprint density at radius 3 is 2.29 bits per heavy atom. The van der Waals surface area contributed by atoms with Gasteiger partial charge in [-0.2, -0.15) is 5.10 Å². The summed E-state index contributed by atoms with van der Waals surface area (Å²) in [4.78, 5) is 11.0. The first kappa shape index (κ1) is 16.6. The molecule has 122 valence electrons. The summed E-state index contributed by atoms with van der Waals surface area (Å²) in [5.74, 6) is -0.952. The van der Waals surface area contributed by atoms with Crippen molar-refractivity contribution >= 4 is 29.2 Å². The number of hydrogen-bond acceptors (Lipinski definition) is 2. The van der Waals surface area contributed by atoms with Crippen LogP contribution in [0.25, 0.3) is 16.8 Å². The van der Waals surface area contributed by atoms with Crippen LogP contribution in [-0.4, -0.2) is 20.9 Å². The predicted octanol–water partition coefficient (Wildman–Crippen LogP) is 5.16. The van der Waals surface area contributed by atoms with Gasteiger partial charge in [0.15, 0.2) is 0 Å². The van der Waals surface area contributed by atoms with Crippen molar-refractivity contribution in [3.63, 3.8) is 0 Å². The molecule has 0 spiro atoms. The highest BCUT2D eigenvalue weighted by Gasteiger charge is 2.16. The van der Waals surface area contributed by atoms with Gasteiger partial charge in [-0.25, -0.2) is 9.48 Å². The van der Waals surface area contributed by atoms with Gasteiger partial charge in [-0.05, 0) is 55.8 Å². The fourth-order valence-corrected chi connectivity index (χ4v) is 3.01. The van der Waals surface area contributed by atoms with E-state index in [-0.39, 0.29) is 5.56 Å². The quantitative estimate of drug-likeness (QED) is 0.701. The SMILES string of the molecule is Cc1nn(-c2ccc(C(=O)O)cc2)c(C)c1-c1ccc(Cl)c(Cl)c1. The van der Waals surface area contributed by atoms with E-state index in [1.165, 1.54) is 0 Å². The Balaban J connectivity index is 2.09. The first-order valence-corrected chi connectivity index (χ1v) is 7.99. The lowest BCUT2D eigenvalue weighted by molar-refractivity contribution is 0.0697. The average Bonchev–Trinajstić information content (AvgIpc) is 2.85. The molecule has 0 aliphatic carbocycles. The van der Waals surface area contributed by atoms with Gasteiger partial charge in [0.05, 0.1) is 27.0 Å². The second-order valence-electron chi connectivity index (χ2n) is 5.44. The van der Waals surface area contributed by atoms with Crippen LogP contribution in [0, 0.1) is 13.8 Å². The van der Waals surface area contributed by atoms with E-state index in [2.05, 4.69) is 5.10 Å². The summed E-state index contributed by atoms with van der Waals surface area (Å²) in [5, 5.41) is 14.6. The molecule has 24 heavy (non-hydrogen) atoms. The topological polar surface area (TPSA) is 55.1 Å². The summed E-state index contributed by atoms with van der Waals surface area (Å²) < 4.78 is 1.79. The number of carbonyl (C=O) groups is 1. The Bertz CT molecular complexity index is 931. The lowest BCUT2D eigenvalue weighted by Crippen LogP contribution is -2.01. The van der Waals surface area contributed by atoms with Crippen molar-refractivity contribution in [2.24, 2.45) is 0 Å². The second kappa shape index (κ2) is 6.30. The van der Waals surface area contributed by atoms with Crippen LogP contribution < -0.4 is 0 Å². The van der Waals surface area contributed by atoms with Gasteiger partial charge in [0.2, 0.25) is 0 Å². The summed E-state index contributed by atoms with van der Waals surface area (Å²) in [7, 11) is 0. The summed E-state index contributed by atoms with van der Waals surface area (Å²) >= 11 is 12.1. The molecule has 1 heterocycles. The zero-order chi connectivity index (χ0) is 17.4. The molecule has 3 rings (SSSR count). The van der Waals surface area contributed by atoms with Gasteiger partial charge in [0.25, 0.3) is 0 Å². The second-order valence-corrected chi connectivity index (χ2v) is 6.25. The molecule has 0 unspecified atom stereocenters. The average molecular weight is 361 g/mol. The van der Waals surface area contributed by atoms with Crippen molar-refractivity contribution in [2.45, 2.75) is 13.8 Å². The maximum atomic E-state index is 11.0. The standard InChI is InChI=1S/C18H14Cl2N2O2/c1-10-17(13-5-8-15(19)16(20)9-13)11(2)22(21-10)14-6-3-12(4-7-14)18(23)24/h3-9H,1-2H3,(H,23,24). The van der Waals surface area contributed by atoms with Crippen LogP contribution in [0.5, 0.6) is 0 Å². The Morgan fingerprint density at radius 2 is 1.71 bits per heavy atom. The van der Waals surface area contributed by atoms with Crippen molar-refractivity contribution in [2.75, 3.05) is 0 Å². The predicted molar refractivity (Wildman–Crippen MR) is 95.5 cm³/mol. The molecule has 0 amide bonds. The van der Waals surface area contributed by atoms with Crippen molar-refractivity contribution in [1.29, 1.82) is 0 Å². The molecule has 3 aromatic rings. The molecule has 0 radical (unpaired) electrons. The minimum Gasteiger partial charge on any atom is -0.478 e. The zero-order valence-corrected chi connectivity index (χ0v) is 14.6. The number of carboxylic acid groups (broad SMARTS) is 1. The van der Waals surface area contributed by atoms with Crippen LogP contribution in [-0.2, 0) is 0 Å². The van der Waals surface area contributed by atoms with Gasteiger partial charge in [0, 0.05) is 11.3 Å². The molecule has 1 aromatic heterocycles. The Hall–Kier alpha value is -2.30. The van der Waals surface area contributed by atoms with E-state index >= 15 is 0 Å². The van der Waals surface area contributed by atoms with E-state index in [9.17, 15) is 4.79 Å². The van der Waals surface area contributed by atoms with E-state index in [1.807, 2.05) is 26.0 Å². The van der Waals surface area contributed by atoms with Gasteiger partial charge < -0.3 is 5.11 Å². The first-order chi connectivity index (χ1) is 11.4. The van der Waals surface area contributed by atoms with Crippen molar-refractivity contribution in [3.8, 4) is 16.8 Å². The molecule has 1 N–H and O–H groups in total. The van der Waals surface area contributed by atoms with E-state index in [4.69, 9.17) is 28.3 Å². The molecule has 0 aliphatic rings. The smallest absolute Gasteiger partial charge is 0.335 e. The molecule has 0 saturated carbocycles. The minimum atomic E-state index is -0.952. The van der Waals surface area contributed by atoms with Crippen LogP contribution >= 0.6 is 23.2 Å². The molecular weight excluding hydrogens is 347 g/mol. The largest absolute Gasteiger partial charge is 0.478 e. The van der Waals surface area contributed by atoms with Gasteiger partial charge >= 0.3 is 5.97 Å². The monoisotopic (exact) mass is 360 g/mol. The van der Waals surface area contributed by atoms with Crippen molar-refractivity contribution < 1.29 is 9.90 Å². The number of carboxylic acids is 1. The normalized spacial score (nSPS) is 10.8. The van der Waals surface area contributed by atoms with Crippen molar-refractivity contribution in [1.82, 2.24) is 9.78 Å². The van der Waals surface area contributed by atoms with Crippen LogP contribution in [0.3, 0.4) is 0 Å². The van der Waals surface area contributed by atoms with E-state index in [0.717, 1.165) is 28.2 Å². The minimum absolute atomic E-state index is 0.241. The summed E-state index contributed by atoms with van der Waals surface area (Å²) in [6.45, 7) is 3.88. The van der Waals surface area contributed by atoms with E-state index in [1.54, 1.807) is 35.0 Å². The number of rotatable bonds is 3. The Kier molecular flexibility index (Phi) is 4.35. The van der Waals surface area contributed by atoms with E-state index in [0.29, 0.717) is 10.0 Å². The van der Waals surface area contributed by atoms with Gasteiger partial charge in [-0.1, -0.05) is 29.3 Å². The highest BCUT2D eigenvalue weighted by atomic mass is 35.5. The third kappa shape index (κ3) is 2.90. The maximum Gasteiger partial charge on any atom is 0.335 e. The zero-order valence-electron chi connectivity index (χ0n) is 13.0. The molecule has 6 heteroatoms. The number of benzene rings is 2. The number of aryl methyl sites for hydroxylation is 1. The molecule has 0 fully saturated rings. The van der Waals surface area contributed by atoms with Crippen LogP contribution in [0.15, 0.2) is 42.5 Å². The Morgan fingerprint density at radius 1 is 1.04 bits per heavy atom. The fourth-order valence-electron chi connectivity index (χ4n) is 2.71. The molecule has 4 nitrogen and oxygen atoms in total. The molecule has 0 atom stereocenters. The maximum absolute atomic E-state index is 11.0. The third-order valence-corrected chi connectivity index (χ3v) is 4.60. The number of nitrogens with zero attached hydrogens (tertiary/aromatic N) is 2. The summed E-state index contributed by atoms with van der Waals surface area (Å²) in [5.41, 5.74) is 4.75. The van der Waals surface area contributed by atoms with Gasteiger partial charge in [-0.3, -0.25) is 0 Å². The third-order valence-electron chi connectivity index (χ3n) is 3.86. The van der Waals surface area contributed by atoms with Crippen LogP contribution in [0.2, 0.25) is 10.0 Å². The van der Waals surface area contributed by atoms with Crippen LogP contribution in [0.4, 0.5) is 0 Å². The lowest BCUT2D eigenvalue weighted by Gasteiger charge is -2.07.